The van der Waals surface area contributed by atoms with E-state index in [1.807, 2.05) is 0 Å². The molecule has 122 valence electrons. The van der Waals surface area contributed by atoms with Crippen LogP contribution >= 0.6 is 0 Å². The van der Waals surface area contributed by atoms with Gasteiger partial charge < -0.3 is 9.47 Å². The molecule has 0 fully saturated rings. The number of cyclic esters (lactones) is 1. The largest absolute Gasteiger partial charge is 0.457 e. The van der Waals surface area contributed by atoms with Crippen molar-refractivity contribution in [2.24, 2.45) is 0 Å². The lowest BCUT2D eigenvalue weighted by atomic mass is 10.0. The van der Waals surface area contributed by atoms with Gasteiger partial charge in [-0.2, -0.15) is 0 Å². The maximum Gasteiger partial charge on any atom is 0.339 e. The van der Waals surface area contributed by atoms with Crippen LogP contribution < -0.4 is 0 Å². The Morgan fingerprint density at radius 1 is 1.08 bits per heavy atom. The molecular weight excluding hydrogens is 315 g/mol. The van der Waals surface area contributed by atoms with E-state index in [1.165, 1.54) is 12.1 Å². The number of carbonyl (C=O) groups excluding carboxylic acids is 3. The summed E-state index contributed by atoms with van der Waals surface area (Å²) in [6, 6.07) is 11.7. The zero-order valence-electron chi connectivity index (χ0n) is 12.5. The van der Waals surface area contributed by atoms with Gasteiger partial charge in [-0.1, -0.05) is 18.2 Å². The SMILES string of the molecule is O=C(CC1OC(=O)c2ccccc21)OCC(=O)c1ccc(F)cc1. The van der Waals surface area contributed by atoms with Crippen molar-refractivity contribution in [1.29, 1.82) is 0 Å². The molecule has 2 aromatic rings. The minimum atomic E-state index is -0.706. The predicted octanol–water partition coefficient (Wildman–Crippen LogP) is 2.85. The molecule has 1 aliphatic rings. The van der Waals surface area contributed by atoms with Crippen molar-refractivity contribution in [3.05, 3.63) is 71.0 Å². The lowest BCUT2D eigenvalue weighted by Gasteiger charge is -2.10. The monoisotopic (exact) mass is 328 g/mol. The Kier molecular flexibility index (Phi) is 4.37. The molecule has 1 atom stereocenters. The van der Waals surface area contributed by atoms with Gasteiger partial charge in [-0.05, 0) is 30.3 Å². The fraction of sp³-hybridized carbons (Fsp3) is 0.167. The number of rotatable bonds is 5. The van der Waals surface area contributed by atoms with Gasteiger partial charge in [-0.25, -0.2) is 9.18 Å². The lowest BCUT2D eigenvalue weighted by molar-refractivity contribution is -0.144. The van der Waals surface area contributed by atoms with Crippen molar-refractivity contribution in [3.8, 4) is 0 Å². The lowest BCUT2D eigenvalue weighted by Crippen LogP contribution is -2.16. The molecule has 5 nitrogen and oxygen atoms in total. The van der Waals surface area contributed by atoms with Gasteiger partial charge in [0.25, 0.3) is 0 Å². The Balaban J connectivity index is 1.56. The zero-order chi connectivity index (χ0) is 17.1. The summed E-state index contributed by atoms with van der Waals surface area (Å²) in [5, 5.41) is 0. The van der Waals surface area contributed by atoms with E-state index in [9.17, 15) is 18.8 Å². The van der Waals surface area contributed by atoms with Gasteiger partial charge in [-0.15, -0.1) is 0 Å². The number of esters is 2. The highest BCUT2D eigenvalue weighted by Crippen LogP contribution is 2.32. The first-order valence-electron chi connectivity index (χ1n) is 7.29. The summed E-state index contributed by atoms with van der Waals surface area (Å²) in [4.78, 5) is 35.4. The first kappa shape index (κ1) is 15.9. The van der Waals surface area contributed by atoms with Crippen LogP contribution in [0.15, 0.2) is 48.5 Å². The number of ether oxygens (including phenoxy) is 2. The van der Waals surface area contributed by atoms with Crippen molar-refractivity contribution in [2.75, 3.05) is 6.61 Å². The van der Waals surface area contributed by atoms with Gasteiger partial charge in [-0.3, -0.25) is 9.59 Å². The normalized spacial score (nSPS) is 15.5. The maximum atomic E-state index is 12.8. The summed E-state index contributed by atoms with van der Waals surface area (Å²) in [6.07, 6.45) is -0.874. The number of carbonyl (C=O) groups is 3. The van der Waals surface area contributed by atoms with Gasteiger partial charge >= 0.3 is 11.9 Å². The summed E-state index contributed by atoms with van der Waals surface area (Å²) in [7, 11) is 0. The quantitative estimate of drug-likeness (QED) is 0.623. The Bertz CT molecular complexity index is 797. The van der Waals surface area contributed by atoms with Gasteiger partial charge in [0.1, 0.15) is 11.9 Å². The molecular formula is C18H13FO5. The van der Waals surface area contributed by atoms with Gasteiger partial charge in [0, 0.05) is 11.1 Å². The highest BCUT2D eigenvalue weighted by atomic mass is 19.1. The molecule has 0 aromatic heterocycles. The van der Waals surface area contributed by atoms with Crippen molar-refractivity contribution < 1.29 is 28.2 Å². The van der Waals surface area contributed by atoms with Crippen molar-refractivity contribution >= 4 is 17.7 Å². The maximum absolute atomic E-state index is 12.8. The minimum absolute atomic E-state index is 0.167. The number of fused-ring (bicyclic) bond motifs is 1. The molecule has 2 aromatic carbocycles. The van der Waals surface area contributed by atoms with E-state index in [0.29, 0.717) is 11.1 Å². The van der Waals surface area contributed by atoms with Crippen LogP contribution in [0.25, 0.3) is 0 Å². The summed E-state index contributed by atoms with van der Waals surface area (Å²) >= 11 is 0. The molecule has 3 rings (SSSR count). The Morgan fingerprint density at radius 2 is 1.79 bits per heavy atom. The smallest absolute Gasteiger partial charge is 0.339 e. The highest BCUT2D eigenvalue weighted by molar-refractivity contribution is 5.98. The van der Waals surface area contributed by atoms with Crippen molar-refractivity contribution in [1.82, 2.24) is 0 Å². The second-order valence-electron chi connectivity index (χ2n) is 5.28. The summed E-state index contributed by atoms with van der Waals surface area (Å²) in [6.45, 7) is -0.452. The predicted molar refractivity (Wildman–Crippen MR) is 80.9 cm³/mol. The van der Waals surface area contributed by atoms with E-state index in [0.717, 1.165) is 12.1 Å². The van der Waals surface area contributed by atoms with Crippen LogP contribution in [-0.2, 0) is 14.3 Å². The minimum Gasteiger partial charge on any atom is -0.457 e. The number of hydrogen-bond acceptors (Lipinski definition) is 5. The van der Waals surface area contributed by atoms with Crippen LogP contribution in [-0.4, -0.2) is 24.3 Å². The molecule has 0 N–H and O–H groups in total. The fourth-order valence-corrected chi connectivity index (χ4v) is 2.45. The van der Waals surface area contributed by atoms with Gasteiger partial charge in [0.15, 0.2) is 12.4 Å². The van der Waals surface area contributed by atoms with E-state index < -0.39 is 36.2 Å². The second kappa shape index (κ2) is 6.62. The van der Waals surface area contributed by atoms with Gasteiger partial charge in [0.2, 0.25) is 0 Å². The second-order valence-corrected chi connectivity index (χ2v) is 5.28. The summed E-state index contributed by atoms with van der Waals surface area (Å²) < 4.78 is 22.9. The first-order chi connectivity index (χ1) is 11.5. The molecule has 0 aliphatic carbocycles. The van der Waals surface area contributed by atoms with Crippen LogP contribution in [0.1, 0.15) is 38.8 Å². The van der Waals surface area contributed by atoms with Crippen LogP contribution in [0, 0.1) is 5.82 Å². The van der Waals surface area contributed by atoms with Gasteiger partial charge in [0.05, 0.1) is 12.0 Å². The van der Waals surface area contributed by atoms with E-state index in [2.05, 4.69) is 0 Å². The molecule has 0 radical (unpaired) electrons. The average Bonchev–Trinajstić information content (AvgIpc) is 2.90. The number of hydrogen-bond donors (Lipinski definition) is 0. The Morgan fingerprint density at radius 3 is 2.54 bits per heavy atom. The number of benzene rings is 2. The molecule has 1 heterocycles. The Labute approximate surface area is 137 Å². The van der Waals surface area contributed by atoms with E-state index in [1.54, 1.807) is 24.3 Å². The average molecular weight is 328 g/mol. The van der Waals surface area contributed by atoms with Crippen molar-refractivity contribution in [3.63, 3.8) is 0 Å². The molecule has 1 aliphatic heterocycles. The molecule has 0 bridgehead atoms. The third kappa shape index (κ3) is 3.32. The first-order valence-corrected chi connectivity index (χ1v) is 7.29. The number of ketones is 1. The summed E-state index contributed by atoms with van der Waals surface area (Å²) in [5.41, 5.74) is 1.31. The van der Waals surface area contributed by atoms with E-state index in [4.69, 9.17) is 9.47 Å². The third-order valence-electron chi connectivity index (χ3n) is 3.66. The third-order valence-corrected chi connectivity index (χ3v) is 3.66. The molecule has 0 saturated heterocycles. The highest BCUT2D eigenvalue weighted by Gasteiger charge is 2.32. The van der Waals surface area contributed by atoms with Crippen LogP contribution in [0.2, 0.25) is 0 Å². The molecule has 6 heteroatoms. The number of Topliss-reactive ketones (excluding diaryl/α,β-unsaturated/α-hetero) is 1. The van der Waals surface area contributed by atoms with Crippen molar-refractivity contribution in [2.45, 2.75) is 12.5 Å². The standard InChI is InChI=1S/C18H13FO5/c19-12-7-5-11(6-8-12)15(20)10-23-17(21)9-16-13-3-1-2-4-14(13)18(22)24-16/h1-8,16H,9-10H2. The number of halogens is 1. The van der Waals surface area contributed by atoms with Crippen LogP contribution in [0.3, 0.4) is 0 Å². The molecule has 0 saturated carbocycles. The molecule has 0 spiro atoms. The molecule has 0 amide bonds. The molecule has 24 heavy (non-hydrogen) atoms. The van der Waals surface area contributed by atoms with Crippen LogP contribution in [0.5, 0.6) is 0 Å². The molecule has 1 unspecified atom stereocenters. The summed E-state index contributed by atoms with van der Waals surface area (Å²) in [5.74, 6) is -2.02. The van der Waals surface area contributed by atoms with E-state index in [-0.39, 0.29) is 12.0 Å². The fourth-order valence-electron chi connectivity index (χ4n) is 2.45. The Hall–Kier alpha value is -3.02. The van der Waals surface area contributed by atoms with E-state index >= 15 is 0 Å². The zero-order valence-corrected chi connectivity index (χ0v) is 12.5. The topological polar surface area (TPSA) is 69.7 Å². The van der Waals surface area contributed by atoms with Crippen LogP contribution in [0.4, 0.5) is 4.39 Å².